The summed E-state index contributed by atoms with van der Waals surface area (Å²) in [6, 6.07) is 15.0. The van der Waals surface area contributed by atoms with Crippen molar-refractivity contribution in [3.8, 4) is 11.4 Å². The average molecular weight is 351 g/mol. The number of hydrogen-bond acceptors (Lipinski definition) is 4. The van der Waals surface area contributed by atoms with Crippen molar-refractivity contribution in [2.45, 2.75) is 32.7 Å². The van der Waals surface area contributed by atoms with E-state index in [0.29, 0.717) is 5.39 Å². The normalized spacial score (nSPS) is 12.3. The minimum Gasteiger partial charge on any atom is -0.497 e. The van der Waals surface area contributed by atoms with Crippen molar-refractivity contribution in [2.24, 2.45) is 0 Å². The van der Waals surface area contributed by atoms with Gasteiger partial charge in [-0.05, 0) is 55.8 Å². The van der Waals surface area contributed by atoms with Gasteiger partial charge in [-0.2, -0.15) is 0 Å². The fourth-order valence-electron chi connectivity index (χ4n) is 3.10. The summed E-state index contributed by atoms with van der Waals surface area (Å²) in [6.07, 6.45) is 1.87. The van der Waals surface area contributed by atoms with Crippen LogP contribution in [-0.2, 0) is 0 Å². The maximum Gasteiger partial charge on any atom is 0.266 e. The number of benzene rings is 2. The van der Waals surface area contributed by atoms with E-state index in [9.17, 15) is 4.79 Å². The number of ether oxygens (including phenoxy) is 1. The number of fused-ring (bicyclic) bond motifs is 1. The number of nitrogens with zero attached hydrogens (tertiary/aromatic N) is 2. The molecule has 0 saturated heterocycles. The summed E-state index contributed by atoms with van der Waals surface area (Å²) in [4.78, 5) is 18.1. The van der Waals surface area contributed by atoms with Crippen LogP contribution in [0.3, 0.4) is 0 Å². The molecular weight excluding hydrogens is 326 g/mol. The van der Waals surface area contributed by atoms with Gasteiger partial charge in [0.2, 0.25) is 0 Å². The summed E-state index contributed by atoms with van der Waals surface area (Å²) in [5, 5.41) is 4.14. The number of nitrogens with one attached hydrogen (secondary N) is 1. The topological polar surface area (TPSA) is 56.2 Å². The molecule has 1 heterocycles. The minimum absolute atomic E-state index is 0.00866. The third-order valence-electron chi connectivity index (χ3n) is 4.49. The fraction of sp³-hybridized carbons (Fsp3) is 0.333. The Morgan fingerprint density at radius 1 is 1.12 bits per heavy atom. The molecular formula is C21H25N3O2. The molecule has 0 fully saturated rings. The SMILES string of the molecule is CCCN[C@H](CC)c1nc2ccccc2c(=O)n1-c1ccc(OC)cc1. The van der Waals surface area contributed by atoms with Crippen LogP contribution >= 0.6 is 0 Å². The van der Waals surface area contributed by atoms with Crippen LogP contribution < -0.4 is 15.6 Å². The van der Waals surface area contributed by atoms with E-state index in [2.05, 4.69) is 19.2 Å². The van der Waals surface area contributed by atoms with Crippen LogP contribution in [0.15, 0.2) is 53.3 Å². The molecule has 0 spiro atoms. The Kier molecular flexibility index (Phi) is 5.68. The van der Waals surface area contributed by atoms with Gasteiger partial charge in [-0.3, -0.25) is 9.36 Å². The first-order valence-electron chi connectivity index (χ1n) is 9.09. The number of rotatable bonds is 7. The number of para-hydroxylation sites is 1. The van der Waals surface area contributed by atoms with Gasteiger partial charge in [-0.15, -0.1) is 0 Å². The highest BCUT2D eigenvalue weighted by atomic mass is 16.5. The lowest BCUT2D eigenvalue weighted by molar-refractivity contribution is 0.414. The summed E-state index contributed by atoms with van der Waals surface area (Å²) in [7, 11) is 1.63. The molecule has 26 heavy (non-hydrogen) atoms. The van der Waals surface area contributed by atoms with E-state index in [1.54, 1.807) is 11.7 Å². The van der Waals surface area contributed by atoms with Gasteiger partial charge in [-0.25, -0.2) is 4.98 Å². The van der Waals surface area contributed by atoms with Crippen molar-refractivity contribution in [3.05, 3.63) is 64.7 Å². The first-order chi connectivity index (χ1) is 12.7. The standard InChI is InChI=1S/C21H25N3O2/c1-4-14-22-18(5-2)20-23-19-9-7-6-8-17(19)21(25)24(20)15-10-12-16(26-3)13-11-15/h6-13,18,22H,4-5,14H2,1-3H3/t18-/m1/s1. The van der Waals surface area contributed by atoms with Crippen molar-refractivity contribution in [2.75, 3.05) is 13.7 Å². The molecule has 1 N–H and O–H groups in total. The predicted octanol–water partition coefficient (Wildman–Crippen LogP) is 3.85. The Morgan fingerprint density at radius 3 is 2.50 bits per heavy atom. The average Bonchev–Trinajstić information content (AvgIpc) is 2.69. The Balaban J connectivity index is 2.24. The third kappa shape index (κ3) is 3.48. The van der Waals surface area contributed by atoms with Gasteiger partial charge in [0.05, 0.1) is 29.7 Å². The second-order valence-corrected chi connectivity index (χ2v) is 6.24. The van der Waals surface area contributed by atoms with Crippen LogP contribution in [0.5, 0.6) is 5.75 Å². The molecule has 0 bridgehead atoms. The first-order valence-corrected chi connectivity index (χ1v) is 9.09. The van der Waals surface area contributed by atoms with E-state index < -0.39 is 0 Å². The van der Waals surface area contributed by atoms with Gasteiger partial charge >= 0.3 is 0 Å². The Hall–Kier alpha value is -2.66. The lowest BCUT2D eigenvalue weighted by Crippen LogP contribution is -2.31. The third-order valence-corrected chi connectivity index (χ3v) is 4.49. The van der Waals surface area contributed by atoms with Gasteiger partial charge in [0.15, 0.2) is 0 Å². The molecule has 3 rings (SSSR count). The molecule has 0 aliphatic rings. The molecule has 136 valence electrons. The summed E-state index contributed by atoms with van der Waals surface area (Å²) in [6.45, 7) is 5.11. The zero-order valence-corrected chi connectivity index (χ0v) is 15.5. The highest BCUT2D eigenvalue weighted by Crippen LogP contribution is 2.22. The Labute approximate surface area is 153 Å². The van der Waals surface area contributed by atoms with Gasteiger partial charge in [0.1, 0.15) is 11.6 Å². The lowest BCUT2D eigenvalue weighted by Gasteiger charge is -2.21. The molecule has 0 unspecified atom stereocenters. The van der Waals surface area contributed by atoms with E-state index in [4.69, 9.17) is 9.72 Å². The lowest BCUT2D eigenvalue weighted by atomic mass is 10.1. The largest absolute Gasteiger partial charge is 0.497 e. The summed E-state index contributed by atoms with van der Waals surface area (Å²) in [5.74, 6) is 1.50. The van der Waals surface area contributed by atoms with Crippen LogP contribution in [-0.4, -0.2) is 23.2 Å². The maximum atomic E-state index is 13.3. The van der Waals surface area contributed by atoms with E-state index in [1.807, 2.05) is 48.5 Å². The maximum absolute atomic E-state index is 13.3. The Morgan fingerprint density at radius 2 is 1.85 bits per heavy atom. The number of aromatic nitrogens is 2. The number of methoxy groups -OCH3 is 1. The van der Waals surface area contributed by atoms with Crippen LogP contribution in [0, 0.1) is 0 Å². The monoisotopic (exact) mass is 351 g/mol. The molecule has 1 atom stereocenters. The van der Waals surface area contributed by atoms with Crippen LogP contribution in [0.1, 0.15) is 38.6 Å². The van der Waals surface area contributed by atoms with Gasteiger partial charge in [-0.1, -0.05) is 26.0 Å². The van der Waals surface area contributed by atoms with Gasteiger partial charge in [0.25, 0.3) is 5.56 Å². The van der Waals surface area contributed by atoms with Gasteiger partial charge < -0.3 is 10.1 Å². The smallest absolute Gasteiger partial charge is 0.266 e. The Bertz CT molecular complexity index is 932. The van der Waals surface area contributed by atoms with Crippen LogP contribution in [0.2, 0.25) is 0 Å². The second-order valence-electron chi connectivity index (χ2n) is 6.24. The fourth-order valence-corrected chi connectivity index (χ4v) is 3.10. The summed E-state index contributed by atoms with van der Waals surface area (Å²) in [5.41, 5.74) is 1.47. The molecule has 3 aromatic rings. The highest BCUT2D eigenvalue weighted by molar-refractivity contribution is 5.77. The summed E-state index contributed by atoms with van der Waals surface area (Å²) < 4.78 is 6.96. The van der Waals surface area contributed by atoms with E-state index in [0.717, 1.165) is 42.2 Å². The van der Waals surface area contributed by atoms with Crippen molar-refractivity contribution in [1.29, 1.82) is 0 Å². The van der Waals surface area contributed by atoms with Gasteiger partial charge in [0, 0.05) is 0 Å². The molecule has 0 amide bonds. The summed E-state index contributed by atoms with van der Waals surface area (Å²) >= 11 is 0. The second kappa shape index (κ2) is 8.15. The molecule has 5 nitrogen and oxygen atoms in total. The molecule has 1 aromatic heterocycles. The zero-order chi connectivity index (χ0) is 18.5. The molecule has 0 saturated carbocycles. The molecule has 2 aromatic carbocycles. The molecule has 0 aliphatic carbocycles. The van der Waals surface area contributed by atoms with E-state index in [1.165, 1.54) is 0 Å². The number of hydrogen-bond donors (Lipinski definition) is 1. The predicted molar refractivity (Wildman–Crippen MR) is 105 cm³/mol. The van der Waals surface area contributed by atoms with Crippen LogP contribution in [0.4, 0.5) is 0 Å². The zero-order valence-electron chi connectivity index (χ0n) is 15.5. The van der Waals surface area contributed by atoms with Crippen molar-refractivity contribution < 1.29 is 4.74 Å². The molecule has 5 heteroatoms. The van der Waals surface area contributed by atoms with E-state index in [-0.39, 0.29) is 11.6 Å². The highest BCUT2D eigenvalue weighted by Gasteiger charge is 2.19. The first kappa shape index (κ1) is 18.1. The molecule has 0 radical (unpaired) electrons. The van der Waals surface area contributed by atoms with Crippen molar-refractivity contribution in [3.63, 3.8) is 0 Å². The minimum atomic E-state index is -0.0486. The van der Waals surface area contributed by atoms with Crippen molar-refractivity contribution in [1.82, 2.24) is 14.9 Å². The quantitative estimate of drug-likeness (QED) is 0.702. The van der Waals surface area contributed by atoms with E-state index >= 15 is 0 Å². The molecule has 0 aliphatic heterocycles. The van der Waals surface area contributed by atoms with Crippen molar-refractivity contribution >= 4 is 10.9 Å². The van der Waals surface area contributed by atoms with Crippen LogP contribution in [0.25, 0.3) is 16.6 Å².